The van der Waals surface area contributed by atoms with Crippen LogP contribution in [-0.4, -0.2) is 44.5 Å². The highest BCUT2D eigenvalue weighted by Crippen LogP contribution is 2.38. The zero-order valence-corrected chi connectivity index (χ0v) is 13.0. The average molecular weight is 301 g/mol. The Labute approximate surface area is 129 Å². The highest BCUT2D eigenvalue weighted by atomic mass is 16.5. The van der Waals surface area contributed by atoms with E-state index in [-0.39, 0.29) is 18.3 Å². The predicted octanol–water partition coefficient (Wildman–Crippen LogP) is 1.73. The molecule has 116 valence electrons. The van der Waals surface area contributed by atoms with Crippen LogP contribution in [0.3, 0.4) is 0 Å². The Morgan fingerprint density at radius 1 is 1.45 bits per heavy atom. The van der Waals surface area contributed by atoms with Crippen molar-refractivity contribution >= 4 is 17.6 Å². The average Bonchev–Trinajstić information content (AvgIpc) is 2.79. The molecule has 22 heavy (non-hydrogen) atoms. The van der Waals surface area contributed by atoms with Gasteiger partial charge in [0.25, 0.3) is 5.91 Å². The van der Waals surface area contributed by atoms with Crippen LogP contribution in [-0.2, 0) is 9.53 Å². The Morgan fingerprint density at radius 3 is 2.77 bits per heavy atom. The molecule has 6 nitrogen and oxygen atoms in total. The van der Waals surface area contributed by atoms with Gasteiger partial charge >= 0.3 is 5.97 Å². The second-order valence-electron chi connectivity index (χ2n) is 5.35. The molecule has 1 aromatic carbocycles. The number of carbonyl (C=O) groups is 2. The maximum Gasteiger partial charge on any atom is 0.305 e. The van der Waals surface area contributed by atoms with E-state index in [1.54, 1.807) is 0 Å². The molecule has 6 heteroatoms. The van der Waals surface area contributed by atoms with E-state index in [4.69, 9.17) is 0 Å². The Kier molecular flexibility index (Phi) is 4.66. The van der Waals surface area contributed by atoms with Crippen LogP contribution in [0.2, 0.25) is 0 Å². The molecule has 0 aliphatic carbocycles. The van der Waals surface area contributed by atoms with E-state index in [1.165, 1.54) is 12.0 Å². The highest BCUT2D eigenvalue weighted by Gasteiger charge is 2.38. The van der Waals surface area contributed by atoms with E-state index in [0.29, 0.717) is 18.5 Å². The molecule has 1 aliphatic rings. The minimum atomic E-state index is -0.597. The molecular weight excluding hydrogens is 282 g/mol. The number of hydrogen-bond acceptors (Lipinski definition) is 5. The lowest BCUT2D eigenvalue weighted by atomic mass is 10.0. The summed E-state index contributed by atoms with van der Waals surface area (Å²) < 4.78 is 4.59. The number of methoxy groups -OCH3 is 1. The van der Waals surface area contributed by atoms with Crippen LogP contribution < -0.4 is 4.90 Å². The minimum absolute atomic E-state index is 0.157. The smallest absolute Gasteiger partial charge is 0.305 e. The Bertz CT molecular complexity index is 634. The molecule has 2 rings (SSSR count). The molecule has 1 unspecified atom stereocenters. The summed E-state index contributed by atoms with van der Waals surface area (Å²) in [6.45, 7) is 0.355. The van der Waals surface area contributed by atoms with Crippen LogP contribution in [0.5, 0.6) is 0 Å². The molecule has 0 N–H and O–H groups in total. The molecule has 0 fully saturated rings. The molecule has 1 heterocycles. The van der Waals surface area contributed by atoms with Gasteiger partial charge in [-0.25, -0.2) is 0 Å². The van der Waals surface area contributed by atoms with Gasteiger partial charge in [0.1, 0.15) is 6.04 Å². The fourth-order valence-corrected chi connectivity index (χ4v) is 2.69. The number of benzene rings is 1. The number of nitriles is 1. The summed E-state index contributed by atoms with van der Waals surface area (Å²) in [5, 5.41) is 9.44. The molecule has 0 saturated heterocycles. The predicted molar refractivity (Wildman–Crippen MR) is 81.4 cm³/mol. The largest absolute Gasteiger partial charge is 0.469 e. The van der Waals surface area contributed by atoms with Gasteiger partial charge in [-0.05, 0) is 12.5 Å². The number of esters is 1. The summed E-state index contributed by atoms with van der Waals surface area (Å²) >= 11 is 0. The fourth-order valence-electron chi connectivity index (χ4n) is 2.69. The van der Waals surface area contributed by atoms with Crippen molar-refractivity contribution in [2.75, 3.05) is 32.6 Å². The van der Waals surface area contributed by atoms with Crippen molar-refractivity contribution in [3.05, 3.63) is 29.3 Å². The lowest BCUT2D eigenvalue weighted by Crippen LogP contribution is -2.29. The van der Waals surface area contributed by atoms with Gasteiger partial charge in [0.15, 0.2) is 0 Å². The normalized spacial score (nSPS) is 16.2. The summed E-state index contributed by atoms with van der Waals surface area (Å²) in [6, 6.07) is 7.12. The van der Waals surface area contributed by atoms with Crippen molar-refractivity contribution in [3.63, 3.8) is 0 Å². The summed E-state index contributed by atoms with van der Waals surface area (Å²) in [5.41, 5.74) is 2.12. The summed E-state index contributed by atoms with van der Waals surface area (Å²) in [6.07, 6.45) is 0.706. The quantitative estimate of drug-likeness (QED) is 0.774. The van der Waals surface area contributed by atoms with Crippen LogP contribution >= 0.6 is 0 Å². The molecule has 0 bridgehead atoms. The second-order valence-corrected chi connectivity index (χ2v) is 5.35. The first-order valence-electron chi connectivity index (χ1n) is 7.09. The molecular formula is C16H19N3O3. The number of nitrogens with zero attached hydrogens (tertiary/aromatic N) is 3. The fraction of sp³-hybridized carbons (Fsp3) is 0.438. The van der Waals surface area contributed by atoms with Gasteiger partial charge in [-0.15, -0.1) is 0 Å². The van der Waals surface area contributed by atoms with Gasteiger partial charge in [-0.1, -0.05) is 12.1 Å². The van der Waals surface area contributed by atoms with Crippen LogP contribution in [0, 0.1) is 11.3 Å². The zero-order chi connectivity index (χ0) is 16.3. The second kappa shape index (κ2) is 6.48. The Balaban J connectivity index is 2.25. The third kappa shape index (κ3) is 2.75. The first-order chi connectivity index (χ1) is 10.5. The number of carbonyl (C=O) groups excluding carboxylic acids is 2. The van der Waals surface area contributed by atoms with Gasteiger partial charge in [0.2, 0.25) is 0 Å². The SMILES string of the molecule is COC(=O)CCCN1C(=O)c2c(cccc2N(C)C)C1C#N. The van der Waals surface area contributed by atoms with Gasteiger partial charge in [-0.2, -0.15) is 5.26 Å². The van der Waals surface area contributed by atoms with Gasteiger partial charge < -0.3 is 14.5 Å². The van der Waals surface area contributed by atoms with Crippen LogP contribution in [0.25, 0.3) is 0 Å². The first-order valence-corrected chi connectivity index (χ1v) is 7.09. The molecule has 1 atom stereocenters. The number of hydrogen-bond donors (Lipinski definition) is 0. The third-order valence-corrected chi connectivity index (χ3v) is 3.77. The molecule has 0 saturated carbocycles. The molecule has 0 spiro atoms. The third-order valence-electron chi connectivity index (χ3n) is 3.77. The van der Waals surface area contributed by atoms with Crippen molar-refractivity contribution in [2.45, 2.75) is 18.9 Å². The molecule has 1 aromatic rings. The van der Waals surface area contributed by atoms with Gasteiger partial charge in [-0.3, -0.25) is 9.59 Å². The van der Waals surface area contributed by atoms with E-state index in [9.17, 15) is 14.9 Å². The van der Waals surface area contributed by atoms with Crippen LogP contribution in [0.4, 0.5) is 5.69 Å². The zero-order valence-electron chi connectivity index (χ0n) is 13.0. The minimum Gasteiger partial charge on any atom is -0.469 e. The van der Waals surface area contributed by atoms with Gasteiger partial charge in [0, 0.05) is 38.3 Å². The monoisotopic (exact) mass is 301 g/mol. The van der Waals surface area contributed by atoms with Crippen LogP contribution in [0.1, 0.15) is 34.8 Å². The topological polar surface area (TPSA) is 73.6 Å². The van der Waals surface area contributed by atoms with E-state index >= 15 is 0 Å². The highest BCUT2D eigenvalue weighted by molar-refractivity contribution is 6.04. The number of amides is 1. The van der Waals surface area contributed by atoms with E-state index in [0.717, 1.165) is 11.3 Å². The number of fused-ring (bicyclic) bond motifs is 1. The standard InChI is InChI=1S/C16H19N3O3/c1-18(2)12-7-4-6-11-13(10-17)19(16(21)15(11)12)9-5-8-14(20)22-3/h4,6-7,13H,5,8-9H2,1-3H3. The molecule has 1 amide bonds. The van der Waals surface area contributed by atoms with E-state index in [1.807, 2.05) is 37.2 Å². The maximum absolute atomic E-state index is 12.7. The lowest BCUT2D eigenvalue weighted by Gasteiger charge is -2.19. The molecule has 0 aromatic heterocycles. The molecule has 1 aliphatic heterocycles. The summed E-state index contributed by atoms with van der Waals surface area (Å²) in [5.74, 6) is -0.470. The number of ether oxygens (including phenoxy) is 1. The Hall–Kier alpha value is -2.55. The summed E-state index contributed by atoms with van der Waals surface area (Å²) in [7, 11) is 5.06. The lowest BCUT2D eigenvalue weighted by molar-refractivity contribution is -0.140. The van der Waals surface area contributed by atoms with Crippen molar-refractivity contribution in [2.24, 2.45) is 0 Å². The Morgan fingerprint density at radius 2 is 2.18 bits per heavy atom. The molecule has 0 radical (unpaired) electrons. The van der Waals surface area contributed by atoms with Crippen molar-refractivity contribution < 1.29 is 14.3 Å². The summed E-state index contributed by atoms with van der Waals surface area (Å²) in [4.78, 5) is 27.2. The van der Waals surface area contributed by atoms with Crippen molar-refractivity contribution in [1.82, 2.24) is 4.90 Å². The van der Waals surface area contributed by atoms with Crippen LogP contribution in [0.15, 0.2) is 18.2 Å². The van der Waals surface area contributed by atoms with Crippen molar-refractivity contribution in [3.8, 4) is 6.07 Å². The van der Waals surface area contributed by atoms with Gasteiger partial charge in [0.05, 0.1) is 18.7 Å². The van der Waals surface area contributed by atoms with E-state index in [2.05, 4.69) is 10.8 Å². The number of rotatable bonds is 5. The van der Waals surface area contributed by atoms with E-state index < -0.39 is 6.04 Å². The maximum atomic E-state index is 12.7. The van der Waals surface area contributed by atoms with Crippen molar-refractivity contribution in [1.29, 1.82) is 5.26 Å². The number of anilines is 1. The first kappa shape index (κ1) is 15.8.